The number of hydrogen-bond donors (Lipinski definition) is 1. The van der Waals surface area contributed by atoms with Crippen LogP contribution >= 0.6 is 0 Å². The fourth-order valence-corrected chi connectivity index (χ4v) is 2.53. The van der Waals surface area contributed by atoms with Crippen molar-refractivity contribution in [3.8, 4) is 0 Å². The number of aliphatic carboxylic acids is 1. The summed E-state index contributed by atoms with van der Waals surface area (Å²) < 4.78 is 10.3. The van der Waals surface area contributed by atoms with E-state index in [4.69, 9.17) is 14.6 Å². The number of esters is 1. The fourth-order valence-electron chi connectivity index (χ4n) is 2.53. The van der Waals surface area contributed by atoms with Crippen LogP contribution in [-0.4, -0.2) is 35.9 Å². The second-order valence-corrected chi connectivity index (χ2v) is 3.93. The molecule has 2 aliphatic rings. The summed E-state index contributed by atoms with van der Waals surface area (Å²) in [4.78, 5) is 22.6. The van der Waals surface area contributed by atoms with Crippen LogP contribution in [0, 0.1) is 11.8 Å². The summed E-state index contributed by atoms with van der Waals surface area (Å²) in [6.45, 7) is 1.99. The number of carbonyl (C=O) groups excluding carboxylic acids is 1. The molecule has 4 atom stereocenters. The van der Waals surface area contributed by atoms with Gasteiger partial charge in [-0.05, 0) is 19.8 Å². The summed E-state index contributed by atoms with van der Waals surface area (Å²) in [7, 11) is 0. The van der Waals surface area contributed by atoms with Gasteiger partial charge in [0.25, 0.3) is 0 Å². The van der Waals surface area contributed by atoms with Gasteiger partial charge in [0.05, 0.1) is 30.7 Å². The molecule has 2 bridgehead atoms. The van der Waals surface area contributed by atoms with E-state index in [1.807, 2.05) is 0 Å². The van der Waals surface area contributed by atoms with Gasteiger partial charge in [-0.15, -0.1) is 0 Å². The molecule has 2 aliphatic heterocycles. The number of carbonyl (C=O) groups is 2. The molecule has 2 heterocycles. The Kier molecular flexibility index (Phi) is 2.65. The molecule has 0 saturated carbocycles. The zero-order chi connectivity index (χ0) is 11.0. The first-order valence-corrected chi connectivity index (χ1v) is 5.20. The third kappa shape index (κ3) is 1.61. The topological polar surface area (TPSA) is 72.8 Å². The minimum Gasteiger partial charge on any atom is -0.481 e. The van der Waals surface area contributed by atoms with Gasteiger partial charge in [0.2, 0.25) is 0 Å². The smallest absolute Gasteiger partial charge is 0.312 e. The van der Waals surface area contributed by atoms with E-state index in [9.17, 15) is 9.59 Å². The molecule has 0 aromatic carbocycles. The largest absolute Gasteiger partial charge is 0.481 e. The molecule has 0 aromatic heterocycles. The summed E-state index contributed by atoms with van der Waals surface area (Å²) in [6, 6.07) is 0. The molecule has 0 amide bonds. The predicted octanol–water partition coefficient (Wildman–Crippen LogP) is 0.428. The third-order valence-electron chi connectivity index (χ3n) is 3.12. The first-order valence-electron chi connectivity index (χ1n) is 5.20. The van der Waals surface area contributed by atoms with Gasteiger partial charge in [0.15, 0.2) is 0 Å². The van der Waals surface area contributed by atoms with Crippen LogP contribution in [0.4, 0.5) is 0 Å². The lowest BCUT2D eigenvalue weighted by atomic mass is 9.79. The highest BCUT2D eigenvalue weighted by Gasteiger charge is 2.56. The zero-order valence-electron chi connectivity index (χ0n) is 8.51. The molecule has 2 saturated heterocycles. The molecule has 5 nitrogen and oxygen atoms in total. The number of carboxylic acids is 1. The monoisotopic (exact) mass is 214 g/mol. The van der Waals surface area contributed by atoms with Crippen molar-refractivity contribution < 1.29 is 24.2 Å². The minimum absolute atomic E-state index is 0.254. The maximum Gasteiger partial charge on any atom is 0.312 e. The number of carboxylic acid groups (broad SMARTS) is 1. The van der Waals surface area contributed by atoms with E-state index in [0.29, 0.717) is 0 Å². The minimum atomic E-state index is -0.958. The highest BCUT2D eigenvalue weighted by molar-refractivity contribution is 5.83. The zero-order valence-corrected chi connectivity index (χ0v) is 8.51. The van der Waals surface area contributed by atoms with Crippen LogP contribution in [0.2, 0.25) is 0 Å². The highest BCUT2D eigenvalue weighted by Crippen LogP contribution is 2.44. The quantitative estimate of drug-likeness (QED) is 0.689. The van der Waals surface area contributed by atoms with Crippen molar-refractivity contribution in [2.24, 2.45) is 11.8 Å². The van der Waals surface area contributed by atoms with Crippen molar-refractivity contribution in [3.05, 3.63) is 0 Å². The second kappa shape index (κ2) is 3.81. The number of rotatable bonds is 3. The average Bonchev–Trinajstić information content (AvgIpc) is 2.76. The van der Waals surface area contributed by atoms with Crippen molar-refractivity contribution in [3.63, 3.8) is 0 Å². The summed E-state index contributed by atoms with van der Waals surface area (Å²) in [5, 5.41) is 9.04. The Morgan fingerprint density at radius 3 is 2.47 bits per heavy atom. The van der Waals surface area contributed by atoms with E-state index in [1.54, 1.807) is 6.92 Å². The van der Waals surface area contributed by atoms with Gasteiger partial charge in [-0.2, -0.15) is 0 Å². The van der Waals surface area contributed by atoms with Crippen LogP contribution in [0.3, 0.4) is 0 Å². The summed E-state index contributed by atoms with van der Waals surface area (Å²) in [6.07, 6.45) is 0.937. The lowest BCUT2D eigenvalue weighted by Crippen LogP contribution is -2.39. The molecule has 0 aliphatic carbocycles. The van der Waals surface area contributed by atoms with E-state index in [1.165, 1.54) is 0 Å². The van der Waals surface area contributed by atoms with Crippen molar-refractivity contribution in [2.75, 3.05) is 6.61 Å². The molecule has 2 fully saturated rings. The van der Waals surface area contributed by atoms with Gasteiger partial charge in [-0.3, -0.25) is 9.59 Å². The van der Waals surface area contributed by atoms with Gasteiger partial charge < -0.3 is 14.6 Å². The first-order chi connectivity index (χ1) is 7.15. The number of fused-ring (bicyclic) bond motifs is 2. The first kappa shape index (κ1) is 10.4. The molecule has 0 unspecified atom stereocenters. The molecule has 84 valence electrons. The molecule has 0 aromatic rings. The van der Waals surface area contributed by atoms with E-state index in [2.05, 4.69) is 0 Å². The van der Waals surface area contributed by atoms with Crippen molar-refractivity contribution in [2.45, 2.75) is 32.0 Å². The van der Waals surface area contributed by atoms with Crippen LogP contribution in [0.25, 0.3) is 0 Å². The molecule has 2 rings (SSSR count). The van der Waals surface area contributed by atoms with Crippen LogP contribution in [0.15, 0.2) is 0 Å². The standard InChI is InChI=1S/C10H14O5/c1-2-14-10(13)8-6-4-3-5(15-6)7(8)9(11)12/h5-8H,2-4H2,1H3,(H,11,12)/t5-,6-,7-,8+/m0/s1. The maximum absolute atomic E-state index is 11.6. The van der Waals surface area contributed by atoms with Gasteiger partial charge in [0, 0.05) is 0 Å². The highest BCUT2D eigenvalue weighted by atomic mass is 16.5. The normalized spacial score (nSPS) is 37.9. The molecular formula is C10H14O5. The Morgan fingerprint density at radius 1 is 1.33 bits per heavy atom. The third-order valence-corrected chi connectivity index (χ3v) is 3.12. The molecule has 1 N–H and O–H groups in total. The number of hydrogen-bond acceptors (Lipinski definition) is 4. The Labute approximate surface area is 87.4 Å². The van der Waals surface area contributed by atoms with Crippen LogP contribution in [0.1, 0.15) is 19.8 Å². The molecule has 15 heavy (non-hydrogen) atoms. The Bertz CT molecular complexity index is 288. The number of ether oxygens (including phenoxy) is 2. The van der Waals surface area contributed by atoms with Crippen LogP contribution < -0.4 is 0 Å². The second-order valence-electron chi connectivity index (χ2n) is 3.93. The van der Waals surface area contributed by atoms with Crippen molar-refractivity contribution >= 4 is 11.9 Å². The fraction of sp³-hybridized carbons (Fsp3) is 0.800. The Hall–Kier alpha value is -1.10. The van der Waals surface area contributed by atoms with Crippen LogP contribution in [-0.2, 0) is 19.1 Å². The van der Waals surface area contributed by atoms with Gasteiger partial charge in [-0.1, -0.05) is 0 Å². The predicted molar refractivity (Wildman–Crippen MR) is 49.1 cm³/mol. The van der Waals surface area contributed by atoms with E-state index < -0.39 is 23.8 Å². The SMILES string of the molecule is CCOC(=O)[C@H]1[C@@H](C(=O)O)[C@@H]2CC[C@@H]1O2. The van der Waals surface area contributed by atoms with Crippen molar-refractivity contribution in [1.82, 2.24) is 0 Å². The summed E-state index contributed by atoms with van der Waals surface area (Å²) >= 11 is 0. The molecule has 0 radical (unpaired) electrons. The molecule has 5 heteroatoms. The van der Waals surface area contributed by atoms with Gasteiger partial charge in [0.1, 0.15) is 0 Å². The summed E-state index contributed by atoms with van der Waals surface area (Å²) in [5.74, 6) is -2.72. The van der Waals surface area contributed by atoms with Gasteiger partial charge in [-0.25, -0.2) is 0 Å². The lowest BCUT2D eigenvalue weighted by Gasteiger charge is -2.22. The van der Waals surface area contributed by atoms with Crippen LogP contribution in [0.5, 0.6) is 0 Å². The lowest BCUT2D eigenvalue weighted by molar-refractivity contribution is -0.157. The van der Waals surface area contributed by atoms with E-state index in [0.717, 1.165) is 12.8 Å². The Morgan fingerprint density at radius 2 is 1.93 bits per heavy atom. The molecule has 0 spiro atoms. The Balaban J connectivity index is 2.14. The maximum atomic E-state index is 11.6. The van der Waals surface area contributed by atoms with E-state index in [-0.39, 0.29) is 18.8 Å². The van der Waals surface area contributed by atoms with Gasteiger partial charge >= 0.3 is 11.9 Å². The van der Waals surface area contributed by atoms with Crippen molar-refractivity contribution in [1.29, 1.82) is 0 Å². The summed E-state index contributed by atoms with van der Waals surface area (Å²) in [5.41, 5.74) is 0. The van der Waals surface area contributed by atoms with E-state index >= 15 is 0 Å². The average molecular weight is 214 g/mol. The molecular weight excluding hydrogens is 200 g/mol.